The van der Waals surface area contributed by atoms with E-state index in [1.54, 1.807) is 18.2 Å². The molecule has 1 fully saturated rings. The quantitative estimate of drug-likeness (QED) is 0.825. The van der Waals surface area contributed by atoms with Crippen LogP contribution in [-0.4, -0.2) is 43.0 Å². The molecule has 0 aromatic heterocycles. The second-order valence-electron chi connectivity index (χ2n) is 4.10. The number of phenolic OH excluding ortho intramolecular Hbond substituents is 1. The molecule has 0 aliphatic carbocycles. The number of benzene rings is 1. The van der Waals surface area contributed by atoms with Crippen molar-refractivity contribution in [3.05, 3.63) is 29.8 Å². The zero-order valence-electron chi connectivity index (χ0n) is 8.96. The van der Waals surface area contributed by atoms with Crippen LogP contribution >= 0.6 is 0 Å². The molecule has 2 rings (SSSR count). The highest BCUT2D eigenvalue weighted by atomic mass is 32.2. The van der Waals surface area contributed by atoms with Crippen LogP contribution in [0.2, 0.25) is 0 Å². The first-order valence-corrected chi connectivity index (χ1v) is 7.08. The topological polar surface area (TPSA) is 57.6 Å². The first-order valence-electron chi connectivity index (χ1n) is 5.26. The summed E-state index contributed by atoms with van der Waals surface area (Å²) >= 11 is 0. The summed E-state index contributed by atoms with van der Waals surface area (Å²) in [7, 11) is -2.81. The van der Waals surface area contributed by atoms with Crippen molar-refractivity contribution in [1.82, 2.24) is 4.90 Å². The molecular formula is C11H15NO3S. The summed E-state index contributed by atoms with van der Waals surface area (Å²) < 4.78 is 22.5. The fraction of sp³-hybridized carbons (Fsp3) is 0.455. The summed E-state index contributed by atoms with van der Waals surface area (Å²) in [6.45, 7) is 1.86. The average Bonchev–Trinajstić information content (AvgIpc) is 2.21. The van der Waals surface area contributed by atoms with E-state index in [4.69, 9.17) is 0 Å². The number of hydrogen-bond donors (Lipinski definition) is 1. The minimum atomic E-state index is -2.81. The fourth-order valence-corrected chi connectivity index (χ4v) is 3.10. The maximum absolute atomic E-state index is 11.2. The van der Waals surface area contributed by atoms with Crippen LogP contribution in [0.5, 0.6) is 5.75 Å². The molecule has 0 atom stereocenters. The smallest absolute Gasteiger partial charge is 0.152 e. The molecule has 16 heavy (non-hydrogen) atoms. The normalized spacial score (nSPS) is 20.8. The first kappa shape index (κ1) is 11.4. The summed E-state index contributed by atoms with van der Waals surface area (Å²) in [6.07, 6.45) is 0. The van der Waals surface area contributed by atoms with Crippen molar-refractivity contribution < 1.29 is 13.5 Å². The van der Waals surface area contributed by atoms with Crippen molar-refractivity contribution in [3.63, 3.8) is 0 Å². The summed E-state index contributed by atoms with van der Waals surface area (Å²) in [6, 6.07) is 7.07. The zero-order chi connectivity index (χ0) is 11.6. The van der Waals surface area contributed by atoms with Crippen LogP contribution in [-0.2, 0) is 16.4 Å². The van der Waals surface area contributed by atoms with E-state index in [0.717, 1.165) is 5.56 Å². The highest BCUT2D eigenvalue weighted by Crippen LogP contribution is 2.14. The van der Waals surface area contributed by atoms with E-state index in [1.165, 1.54) is 0 Å². The largest absolute Gasteiger partial charge is 0.508 e. The molecule has 0 amide bonds. The second kappa shape index (κ2) is 4.43. The van der Waals surface area contributed by atoms with Crippen LogP contribution in [0.15, 0.2) is 24.3 Å². The van der Waals surface area contributed by atoms with Gasteiger partial charge >= 0.3 is 0 Å². The van der Waals surface area contributed by atoms with Crippen LogP contribution < -0.4 is 0 Å². The Morgan fingerprint density at radius 1 is 1.25 bits per heavy atom. The third kappa shape index (κ3) is 2.96. The standard InChI is InChI=1S/C11H15NO3S/c13-11-3-1-2-10(8-11)9-12-4-6-16(14,15)7-5-12/h1-3,8,13H,4-7,9H2. The molecule has 0 unspecified atom stereocenters. The number of aromatic hydroxyl groups is 1. The monoisotopic (exact) mass is 241 g/mol. The van der Waals surface area contributed by atoms with E-state index in [1.807, 2.05) is 6.07 Å². The number of rotatable bonds is 2. The van der Waals surface area contributed by atoms with Gasteiger partial charge in [0.15, 0.2) is 9.84 Å². The van der Waals surface area contributed by atoms with Crippen molar-refractivity contribution in [3.8, 4) is 5.75 Å². The van der Waals surface area contributed by atoms with Crippen LogP contribution in [0.4, 0.5) is 0 Å². The Morgan fingerprint density at radius 3 is 2.56 bits per heavy atom. The van der Waals surface area contributed by atoms with Crippen molar-refractivity contribution in [2.75, 3.05) is 24.6 Å². The fourth-order valence-electron chi connectivity index (χ4n) is 1.82. The molecule has 0 saturated carbocycles. The molecule has 1 aliphatic rings. The van der Waals surface area contributed by atoms with Gasteiger partial charge in [-0.1, -0.05) is 12.1 Å². The number of phenols is 1. The van der Waals surface area contributed by atoms with Gasteiger partial charge in [0, 0.05) is 19.6 Å². The van der Waals surface area contributed by atoms with Gasteiger partial charge in [0.05, 0.1) is 11.5 Å². The van der Waals surface area contributed by atoms with Gasteiger partial charge in [-0.25, -0.2) is 8.42 Å². The molecular weight excluding hydrogens is 226 g/mol. The highest BCUT2D eigenvalue weighted by molar-refractivity contribution is 7.91. The third-order valence-electron chi connectivity index (χ3n) is 2.75. The Morgan fingerprint density at radius 2 is 1.94 bits per heavy atom. The molecule has 5 heteroatoms. The van der Waals surface area contributed by atoms with Crippen molar-refractivity contribution in [2.24, 2.45) is 0 Å². The van der Waals surface area contributed by atoms with E-state index in [0.29, 0.717) is 19.6 Å². The Bertz CT molecular complexity index is 456. The van der Waals surface area contributed by atoms with Gasteiger partial charge in [0.1, 0.15) is 5.75 Å². The lowest BCUT2D eigenvalue weighted by atomic mass is 10.2. The zero-order valence-corrected chi connectivity index (χ0v) is 9.78. The Labute approximate surface area is 95.4 Å². The third-order valence-corrected chi connectivity index (χ3v) is 4.36. The van der Waals surface area contributed by atoms with Crippen LogP contribution in [0.1, 0.15) is 5.56 Å². The van der Waals surface area contributed by atoms with Gasteiger partial charge in [-0.15, -0.1) is 0 Å². The minimum Gasteiger partial charge on any atom is -0.508 e. The predicted molar refractivity (Wildman–Crippen MR) is 62.0 cm³/mol. The molecule has 0 radical (unpaired) electrons. The van der Waals surface area contributed by atoms with E-state index in [2.05, 4.69) is 4.90 Å². The SMILES string of the molecule is O=S1(=O)CCN(Cc2cccc(O)c2)CC1. The molecule has 4 nitrogen and oxygen atoms in total. The van der Waals surface area contributed by atoms with Crippen LogP contribution in [0, 0.1) is 0 Å². The maximum Gasteiger partial charge on any atom is 0.152 e. The van der Waals surface area contributed by atoms with E-state index < -0.39 is 9.84 Å². The minimum absolute atomic E-state index is 0.242. The number of sulfone groups is 1. The van der Waals surface area contributed by atoms with Gasteiger partial charge in [-0.2, -0.15) is 0 Å². The molecule has 1 aliphatic heterocycles. The van der Waals surface area contributed by atoms with Crippen molar-refractivity contribution >= 4 is 9.84 Å². The molecule has 88 valence electrons. The van der Waals surface area contributed by atoms with E-state index >= 15 is 0 Å². The number of nitrogens with zero attached hydrogens (tertiary/aromatic N) is 1. The summed E-state index contributed by atoms with van der Waals surface area (Å²) in [5, 5.41) is 9.31. The summed E-state index contributed by atoms with van der Waals surface area (Å²) in [5.74, 6) is 0.736. The molecule has 0 bridgehead atoms. The Hall–Kier alpha value is -1.07. The van der Waals surface area contributed by atoms with Crippen LogP contribution in [0.25, 0.3) is 0 Å². The molecule has 1 heterocycles. The van der Waals surface area contributed by atoms with Crippen LogP contribution in [0.3, 0.4) is 0 Å². The predicted octanol–water partition coefficient (Wildman–Crippen LogP) is 0.623. The number of hydrogen-bond acceptors (Lipinski definition) is 4. The highest BCUT2D eigenvalue weighted by Gasteiger charge is 2.21. The molecule has 0 spiro atoms. The Kier molecular flexibility index (Phi) is 3.16. The molecule has 1 aromatic rings. The lowest BCUT2D eigenvalue weighted by Gasteiger charge is -2.26. The summed E-state index contributed by atoms with van der Waals surface area (Å²) in [5.41, 5.74) is 1.01. The van der Waals surface area contributed by atoms with Gasteiger partial charge in [-0.3, -0.25) is 4.90 Å². The van der Waals surface area contributed by atoms with Gasteiger partial charge in [-0.05, 0) is 17.7 Å². The maximum atomic E-state index is 11.2. The summed E-state index contributed by atoms with van der Waals surface area (Å²) in [4.78, 5) is 2.09. The van der Waals surface area contributed by atoms with Crippen molar-refractivity contribution in [2.45, 2.75) is 6.54 Å². The van der Waals surface area contributed by atoms with Gasteiger partial charge in [0.2, 0.25) is 0 Å². The average molecular weight is 241 g/mol. The van der Waals surface area contributed by atoms with Crippen molar-refractivity contribution in [1.29, 1.82) is 0 Å². The second-order valence-corrected chi connectivity index (χ2v) is 6.40. The van der Waals surface area contributed by atoms with Gasteiger partial charge < -0.3 is 5.11 Å². The molecule has 1 saturated heterocycles. The lowest BCUT2D eigenvalue weighted by molar-refractivity contribution is 0.287. The molecule has 1 N–H and O–H groups in total. The lowest BCUT2D eigenvalue weighted by Crippen LogP contribution is -2.39. The van der Waals surface area contributed by atoms with E-state index in [-0.39, 0.29) is 17.3 Å². The first-order chi connectivity index (χ1) is 7.55. The van der Waals surface area contributed by atoms with E-state index in [9.17, 15) is 13.5 Å². The molecule has 1 aromatic carbocycles. The van der Waals surface area contributed by atoms with Gasteiger partial charge in [0.25, 0.3) is 0 Å². The Balaban J connectivity index is 1.97.